The van der Waals surface area contributed by atoms with Gasteiger partial charge in [-0.15, -0.1) is 11.6 Å². The number of amides is 1. The van der Waals surface area contributed by atoms with E-state index in [2.05, 4.69) is 0 Å². The van der Waals surface area contributed by atoms with Gasteiger partial charge < -0.3 is 5.32 Å². The summed E-state index contributed by atoms with van der Waals surface area (Å²) in [6.07, 6.45) is 0.176. The molecule has 0 aromatic heterocycles. The van der Waals surface area contributed by atoms with Gasteiger partial charge in [-0.1, -0.05) is 24.3 Å². The Morgan fingerprint density at radius 3 is 2.57 bits per heavy atom. The number of carbonyl (C=O) groups is 1. The van der Waals surface area contributed by atoms with E-state index in [9.17, 15) is 18.0 Å². The zero-order valence-electron chi connectivity index (χ0n) is 6.88. The summed E-state index contributed by atoms with van der Waals surface area (Å²) in [6, 6.07) is -1.27. The van der Waals surface area contributed by atoms with E-state index in [1.54, 1.807) is 0 Å². The third kappa shape index (κ3) is 1.77. The van der Waals surface area contributed by atoms with Crippen LogP contribution in [0.2, 0.25) is 0 Å². The Morgan fingerprint density at radius 2 is 2.07 bits per heavy atom. The SMILES string of the molecule is O=CNC1C=CC=CC1(Cl)C(F)(F)F. The van der Waals surface area contributed by atoms with Crippen molar-refractivity contribution in [1.29, 1.82) is 0 Å². The van der Waals surface area contributed by atoms with Gasteiger partial charge in [-0.25, -0.2) is 0 Å². The van der Waals surface area contributed by atoms with Crippen molar-refractivity contribution in [2.75, 3.05) is 0 Å². The van der Waals surface area contributed by atoms with Gasteiger partial charge in [0.2, 0.25) is 6.41 Å². The molecular weight excluding hydrogens is 219 g/mol. The minimum absolute atomic E-state index is 0.192. The molecule has 0 fully saturated rings. The maximum atomic E-state index is 12.5. The van der Waals surface area contributed by atoms with Crippen LogP contribution in [0.1, 0.15) is 0 Å². The minimum Gasteiger partial charge on any atom is -0.350 e. The van der Waals surface area contributed by atoms with Crippen LogP contribution in [-0.2, 0) is 4.79 Å². The van der Waals surface area contributed by atoms with Crippen molar-refractivity contribution >= 4 is 18.0 Å². The first-order chi connectivity index (χ1) is 6.42. The van der Waals surface area contributed by atoms with Gasteiger partial charge in [0.25, 0.3) is 0 Å². The van der Waals surface area contributed by atoms with Gasteiger partial charge in [-0.3, -0.25) is 4.79 Å². The molecule has 0 aromatic rings. The van der Waals surface area contributed by atoms with E-state index in [0.29, 0.717) is 0 Å². The van der Waals surface area contributed by atoms with Crippen molar-refractivity contribution in [2.24, 2.45) is 0 Å². The molecule has 0 aliphatic heterocycles. The van der Waals surface area contributed by atoms with E-state index in [-0.39, 0.29) is 6.41 Å². The Hall–Kier alpha value is -0.970. The largest absolute Gasteiger partial charge is 0.413 e. The van der Waals surface area contributed by atoms with E-state index < -0.39 is 17.1 Å². The quantitative estimate of drug-likeness (QED) is 0.563. The molecule has 1 aliphatic rings. The fourth-order valence-corrected chi connectivity index (χ4v) is 1.34. The molecule has 0 saturated carbocycles. The fraction of sp³-hybridized carbons (Fsp3) is 0.375. The van der Waals surface area contributed by atoms with E-state index >= 15 is 0 Å². The van der Waals surface area contributed by atoms with Crippen molar-refractivity contribution in [2.45, 2.75) is 17.1 Å². The summed E-state index contributed by atoms with van der Waals surface area (Å²) in [6.45, 7) is 0. The normalized spacial score (nSPS) is 31.6. The number of halogens is 4. The van der Waals surface area contributed by atoms with Gasteiger partial charge >= 0.3 is 6.18 Å². The molecule has 1 amide bonds. The van der Waals surface area contributed by atoms with E-state index in [4.69, 9.17) is 11.6 Å². The average Bonchev–Trinajstić information content (AvgIpc) is 2.07. The predicted octanol–water partition coefficient (Wildman–Crippen LogP) is 1.77. The zero-order chi connectivity index (χ0) is 10.8. The molecule has 2 unspecified atom stereocenters. The summed E-state index contributed by atoms with van der Waals surface area (Å²) >= 11 is 5.41. The van der Waals surface area contributed by atoms with Gasteiger partial charge in [0.05, 0.1) is 6.04 Å². The molecule has 1 rings (SSSR count). The van der Waals surface area contributed by atoms with Crippen molar-refractivity contribution in [3.8, 4) is 0 Å². The Morgan fingerprint density at radius 1 is 1.43 bits per heavy atom. The average molecular weight is 226 g/mol. The van der Waals surface area contributed by atoms with Gasteiger partial charge in [-0.2, -0.15) is 13.2 Å². The molecule has 0 heterocycles. The first kappa shape index (κ1) is 11.1. The second kappa shape index (κ2) is 3.65. The van der Waals surface area contributed by atoms with Crippen LogP contribution < -0.4 is 5.32 Å². The monoisotopic (exact) mass is 225 g/mol. The van der Waals surface area contributed by atoms with E-state index in [0.717, 1.165) is 6.08 Å². The maximum Gasteiger partial charge on any atom is 0.413 e. The summed E-state index contributed by atoms with van der Waals surface area (Å²) < 4.78 is 37.6. The van der Waals surface area contributed by atoms with E-state index in [1.165, 1.54) is 18.2 Å². The number of carbonyl (C=O) groups excluding carboxylic acids is 1. The number of rotatable bonds is 2. The number of hydrogen-bond acceptors (Lipinski definition) is 1. The number of nitrogens with one attached hydrogen (secondary N) is 1. The van der Waals surface area contributed by atoms with Gasteiger partial charge in [0.1, 0.15) is 0 Å². The summed E-state index contributed by atoms with van der Waals surface area (Å²) in [5.41, 5.74) is 0. The highest BCUT2D eigenvalue weighted by Crippen LogP contribution is 2.41. The Bertz CT molecular complexity index is 287. The fourth-order valence-electron chi connectivity index (χ4n) is 1.14. The lowest BCUT2D eigenvalue weighted by Crippen LogP contribution is -2.54. The minimum atomic E-state index is -4.61. The molecule has 14 heavy (non-hydrogen) atoms. The standard InChI is InChI=1S/C8H7ClF3NO/c9-7(8(10,11)12)4-2-1-3-6(7)13-5-14/h1-6H,(H,13,14). The van der Waals surface area contributed by atoms with Crippen LogP contribution in [0.15, 0.2) is 24.3 Å². The van der Waals surface area contributed by atoms with Gasteiger partial charge in [-0.05, 0) is 0 Å². The van der Waals surface area contributed by atoms with Crippen molar-refractivity contribution in [3.63, 3.8) is 0 Å². The smallest absolute Gasteiger partial charge is 0.350 e. The third-order valence-corrected chi connectivity index (χ3v) is 2.46. The molecule has 0 saturated heterocycles. The van der Waals surface area contributed by atoms with Crippen LogP contribution in [0.5, 0.6) is 0 Å². The third-order valence-electron chi connectivity index (χ3n) is 1.89. The number of alkyl halides is 4. The molecule has 78 valence electrons. The molecule has 6 heteroatoms. The molecule has 0 spiro atoms. The highest BCUT2D eigenvalue weighted by Gasteiger charge is 2.56. The zero-order valence-corrected chi connectivity index (χ0v) is 7.64. The van der Waals surface area contributed by atoms with Gasteiger partial charge in [0.15, 0.2) is 4.87 Å². The highest BCUT2D eigenvalue weighted by molar-refractivity contribution is 6.27. The predicted molar refractivity (Wildman–Crippen MR) is 45.9 cm³/mol. The molecule has 1 N–H and O–H groups in total. The summed E-state index contributed by atoms with van der Waals surface area (Å²) in [5, 5.41) is 2.01. The summed E-state index contributed by atoms with van der Waals surface area (Å²) in [5.74, 6) is 0. The molecule has 2 nitrogen and oxygen atoms in total. The molecule has 0 radical (unpaired) electrons. The van der Waals surface area contributed by atoms with Crippen LogP contribution in [0.3, 0.4) is 0 Å². The van der Waals surface area contributed by atoms with Crippen molar-refractivity contribution in [3.05, 3.63) is 24.3 Å². The topological polar surface area (TPSA) is 29.1 Å². The highest BCUT2D eigenvalue weighted by atomic mass is 35.5. The van der Waals surface area contributed by atoms with Crippen LogP contribution in [0.4, 0.5) is 13.2 Å². The second-order valence-corrected chi connectivity index (χ2v) is 3.40. The Kier molecular flexibility index (Phi) is 2.89. The second-order valence-electron chi connectivity index (χ2n) is 2.77. The maximum absolute atomic E-state index is 12.5. The number of allylic oxidation sites excluding steroid dienone is 2. The molecular formula is C8H7ClF3NO. The summed E-state index contributed by atoms with van der Waals surface area (Å²) in [7, 11) is 0. The van der Waals surface area contributed by atoms with Crippen molar-refractivity contribution in [1.82, 2.24) is 5.32 Å². The lowest BCUT2D eigenvalue weighted by molar-refractivity contribution is -0.154. The Balaban J connectivity index is 2.99. The Labute approximate surface area is 83.4 Å². The van der Waals surface area contributed by atoms with Crippen LogP contribution in [0, 0.1) is 0 Å². The molecule has 1 aliphatic carbocycles. The molecule has 0 bridgehead atoms. The van der Waals surface area contributed by atoms with Crippen LogP contribution >= 0.6 is 11.6 Å². The first-order valence-electron chi connectivity index (χ1n) is 3.73. The first-order valence-corrected chi connectivity index (χ1v) is 4.11. The van der Waals surface area contributed by atoms with Gasteiger partial charge in [0, 0.05) is 0 Å². The number of hydrogen-bond donors (Lipinski definition) is 1. The lowest BCUT2D eigenvalue weighted by Gasteiger charge is -2.33. The lowest BCUT2D eigenvalue weighted by atomic mass is 9.93. The van der Waals surface area contributed by atoms with Crippen LogP contribution in [-0.4, -0.2) is 23.5 Å². The molecule has 0 aromatic carbocycles. The van der Waals surface area contributed by atoms with E-state index in [1.807, 2.05) is 5.32 Å². The summed E-state index contributed by atoms with van der Waals surface area (Å²) in [4.78, 5) is 7.54. The molecule has 2 atom stereocenters. The van der Waals surface area contributed by atoms with Crippen LogP contribution in [0.25, 0.3) is 0 Å². The van der Waals surface area contributed by atoms with Crippen molar-refractivity contribution < 1.29 is 18.0 Å².